The molecule has 4 nitrogen and oxygen atoms in total. The fourth-order valence-electron chi connectivity index (χ4n) is 2.05. The van der Waals surface area contributed by atoms with Crippen molar-refractivity contribution in [3.63, 3.8) is 0 Å². The summed E-state index contributed by atoms with van der Waals surface area (Å²) < 4.78 is 17.0. The lowest BCUT2D eigenvalue weighted by Gasteiger charge is -2.17. The van der Waals surface area contributed by atoms with Crippen molar-refractivity contribution in [1.82, 2.24) is 4.90 Å². The van der Waals surface area contributed by atoms with Gasteiger partial charge in [-0.3, -0.25) is 9.00 Å². The van der Waals surface area contributed by atoms with Gasteiger partial charge in [0.2, 0.25) is 0 Å². The highest BCUT2D eigenvalue weighted by molar-refractivity contribution is 7.84. The Balaban J connectivity index is 1.87. The summed E-state index contributed by atoms with van der Waals surface area (Å²) in [7, 11) is 0.709. The third kappa shape index (κ3) is 4.93. The third-order valence-corrected chi connectivity index (χ3v) is 4.43. The van der Waals surface area contributed by atoms with E-state index in [0.717, 1.165) is 5.75 Å². The number of carbonyl (C=O) groups excluding carboxylic acids is 1. The normalized spacial score (nSPS) is 11.8. The number of likely N-dealkylation sites (N-methyl/N-ethyl adjacent to an activating group) is 1. The highest BCUT2D eigenvalue weighted by Gasteiger charge is 2.12. The molecular weight excluding hydrogens is 310 g/mol. The second-order valence-corrected chi connectivity index (χ2v) is 6.75. The Bertz CT molecular complexity index is 680. The summed E-state index contributed by atoms with van der Waals surface area (Å²) in [6.45, 7) is 2.95. The van der Waals surface area contributed by atoms with Crippen molar-refractivity contribution in [3.05, 3.63) is 59.7 Å². The van der Waals surface area contributed by atoms with Crippen molar-refractivity contribution in [2.24, 2.45) is 0 Å². The zero-order chi connectivity index (χ0) is 16.8. The predicted molar refractivity (Wildman–Crippen MR) is 92.4 cm³/mol. The summed E-state index contributed by atoms with van der Waals surface area (Å²) in [5.41, 5.74) is 1.76. The molecule has 0 bridgehead atoms. The Morgan fingerprint density at radius 3 is 2.26 bits per heavy atom. The molecular formula is C18H21NO3S. The van der Waals surface area contributed by atoms with Crippen molar-refractivity contribution in [1.29, 1.82) is 0 Å². The summed E-state index contributed by atoms with van der Waals surface area (Å²) in [6.07, 6.45) is 1.62. The van der Waals surface area contributed by atoms with Crippen LogP contribution in [0.1, 0.15) is 15.9 Å². The monoisotopic (exact) mass is 331 g/mol. The maximum atomic E-state index is 12.3. The van der Waals surface area contributed by atoms with Gasteiger partial charge in [0.25, 0.3) is 5.91 Å². The van der Waals surface area contributed by atoms with Crippen LogP contribution in [-0.2, 0) is 10.8 Å². The van der Waals surface area contributed by atoms with Crippen LogP contribution in [0.3, 0.4) is 0 Å². The number of rotatable bonds is 6. The lowest BCUT2D eigenvalue weighted by molar-refractivity contribution is 0.0773. The molecule has 0 saturated carbocycles. The molecule has 0 aliphatic heterocycles. The van der Waals surface area contributed by atoms with Gasteiger partial charge in [-0.2, -0.15) is 0 Å². The van der Waals surface area contributed by atoms with Crippen molar-refractivity contribution in [3.8, 4) is 5.75 Å². The first-order valence-electron chi connectivity index (χ1n) is 7.36. The quantitative estimate of drug-likeness (QED) is 0.818. The summed E-state index contributed by atoms with van der Waals surface area (Å²) in [5, 5.41) is 0. The number of benzene rings is 2. The molecule has 0 aliphatic carbocycles. The van der Waals surface area contributed by atoms with Crippen molar-refractivity contribution < 1.29 is 13.7 Å². The number of amides is 1. The second-order valence-electron chi connectivity index (χ2n) is 5.37. The fourth-order valence-corrected chi connectivity index (χ4v) is 2.57. The van der Waals surface area contributed by atoms with E-state index in [0.29, 0.717) is 23.6 Å². The van der Waals surface area contributed by atoms with Gasteiger partial charge in [0.1, 0.15) is 12.4 Å². The first-order chi connectivity index (χ1) is 11.0. The first-order valence-corrected chi connectivity index (χ1v) is 8.91. The molecule has 2 aromatic carbocycles. The van der Waals surface area contributed by atoms with Gasteiger partial charge in [-0.05, 0) is 43.3 Å². The zero-order valence-corrected chi connectivity index (χ0v) is 14.4. The fraction of sp³-hybridized carbons (Fsp3) is 0.278. The summed E-state index contributed by atoms with van der Waals surface area (Å²) >= 11 is 0. The van der Waals surface area contributed by atoms with Gasteiger partial charge in [0.15, 0.2) is 0 Å². The maximum Gasteiger partial charge on any atom is 0.253 e. The standard InChI is InChI=1S/C18H21NO3S/c1-14-4-8-16(9-5-14)22-13-12-19(2)18(20)15-6-10-17(11-7-15)23(3)21/h4-11H,12-13H2,1-3H3. The van der Waals surface area contributed by atoms with Crippen molar-refractivity contribution in [2.45, 2.75) is 11.8 Å². The highest BCUT2D eigenvalue weighted by Crippen LogP contribution is 2.12. The molecule has 0 N–H and O–H groups in total. The van der Waals surface area contributed by atoms with E-state index < -0.39 is 10.8 Å². The van der Waals surface area contributed by atoms with Crippen LogP contribution in [0.15, 0.2) is 53.4 Å². The lowest BCUT2D eigenvalue weighted by Crippen LogP contribution is -2.30. The van der Waals surface area contributed by atoms with E-state index >= 15 is 0 Å². The molecule has 122 valence electrons. The minimum Gasteiger partial charge on any atom is -0.492 e. The Morgan fingerprint density at radius 1 is 1.09 bits per heavy atom. The molecule has 2 aromatic rings. The van der Waals surface area contributed by atoms with E-state index in [1.165, 1.54) is 5.56 Å². The van der Waals surface area contributed by atoms with Gasteiger partial charge in [-0.15, -0.1) is 0 Å². The third-order valence-electron chi connectivity index (χ3n) is 3.50. The van der Waals surface area contributed by atoms with Gasteiger partial charge in [-0.1, -0.05) is 17.7 Å². The topological polar surface area (TPSA) is 46.6 Å². The largest absolute Gasteiger partial charge is 0.492 e. The molecule has 0 fully saturated rings. The number of ether oxygens (including phenoxy) is 1. The van der Waals surface area contributed by atoms with Crippen LogP contribution < -0.4 is 4.74 Å². The molecule has 1 atom stereocenters. The van der Waals surface area contributed by atoms with Crippen LogP contribution in [0.5, 0.6) is 5.75 Å². The molecule has 1 amide bonds. The number of hydrogen-bond donors (Lipinski definition) is 0. The zero-order valence-electron chi connectivity index (χ0n) is 13.6. The van der Waals surface area contributed by atoms with Gasteiger partial charge in [0, 0.05) is 34.6 Å². The molecule has 23 heavy (non-hydrogen) atoms. The molecule has 0 aromatic heterocycles. The number of carbonyl (C=O) groups is 1. The van der Waals surface area contributed by atoms with Gasteiger partial charge < -0.3 is 9.64 Å². The molecule has 5 heteroatoms. The van der Waals surface area contributed by atoms with E-state index in [9.17, 15) is 9.00 Å². The lowest BCUT2D eigenvalue weighted by atomic mass is 10.2. The average Bonchev–Trinajstić information content (AvgIpc) is 2.56. The average molecular weight is 331 g/mol. The van der Waals surface area contributed by atoms with E-state index in [-0.39, 0.29) is 5.91 Å². The molecule has 0 saturated heterocycles. The number of hydrogen-bond acceptors (Lipinski definition) is 3. The smallest absolute Gasteiger partial charge is 0.253 e. The Hall–Kier alpha value is -2.14. The van der Waals surface area contributed by atoms with Crippen LogP contribution in [0.4, 0.5) is 0 Å². The SMILES string of the molecule is Cc1ccc(OCCN(C)C(=O)c2ccc(S(C)=O)cc2)cc1. The maximum absolute atomic E-state index is 12.3. The van der Waals surface area contributed by atoms with Gasteiger partial charge in [0.05, 0.1) is 6.54 Å². The first kappa shape index (κ1) is 17.2. The molecule has 2 rings (SSSR count). The van der Waals surface area contributed by atoms with Crippen LogP contribution in [0, 0.1) is 6.92 Å². The highest BCUT2D eigenvalue weighted by atomic mass is 32.2. The summed E-state index contributed by atoms with van der Waals surface area (Å²) in [6, 6.07) is 14.7. The minimum atomic E-state index is -1.03. The van der Waals surface area contributed by atoms with Crippen LogP contribution in [-0.4, -0.2) is 41.5 Å². The molecule has 0 radical (unpaired) electrons. The Labute approximate surface area is 139 Å². The molecule has 1 unspecified atom stereocenters. The van der Waals surface area contributed by atoms with Crippen LogP contribution in [0.25, 0.3) is 0 Å². The Kier molecular flexibility index (Phi) is 5.93. The van der Waals surface area contributed by atoms with E-state index in [2.05, 4.69) is 0 Å². The second kappa shape index (κ2) is 7.92. The van der Waals surface area contributed by atoms with Crippen LogP contribution in [0.2, 0.25) is 0 Å². The predicted octanol–water partition coefficient (Wildman–Crippen LogP) is 2.88. The van der Waals surface area contributed by atoms with Gasteiger partial charge in [-0.25, -0.2) is 0 Å². The summed E-state index contributed by atoms with van der Waals surface area (Å²) in [5.74, 6) is 0.720. The van der Waals surface area contributed by atoms with Crippen molar-refractivity contribution in [2.75, 3.05) is 26.5 Å². The molecule has 0 spiro atoms. The van der Waals surface area contributed by atoms with Crippen molar-refractivity contribution >= 4 is 16.7 Å². The molecule has 0 heterocycles. The number of nitrogens with zero attached hydrogens (tertiary/aromatic N) is 1. The molecule has 0 aliphatic rings. The Morgan fingerprint density at radius 2 is 1.70 bits per heavy atom. The van der Waals surface area contributed by atoms with Crippen LogP contribution >= 0.6 is 0 Å². The van der Waals surface area contributed by atoms with E-state index in [4.69, 9.17) is 4.74 Å². The summed E-state index contributed by atoms with van der Waals surface area (Å²) in [4.78, 5) is 14.6. The van der Waals surface area contributed by atoms with E-state index in [1.54, 1.807) is 42.5 Å². The number of aryl methyl sites for hydroxylation is 1. The van der Waals surface area contributed by atoms with Gasteiger partial charge >= 0.3 is 0 Å². The van der Waals surface area contributed by atoms with E-state index in [1.807, 2.05) is 31.2 Å². The minimum absolute atomic E-state index is 0.0778.